The van der Waals surface area contributed by atoms with Crippen LogP contribution in [0.4, 0.5) is 8.78 Å². The second kappa shape index (κ2) is 13.1. The van der Waals surface area contributed by atoms with Gasteiger partial charge in [0.05, 0.1) is 12.6 Å². The highest BCUT2D eigenvalue weighted by atomic mass is 32.1. The predicted octanol–water partition coefficient (Wildman–Crippen LogP) is 3.61. The summed E-state index contributed by atoms with van der Waals surface area (Å²) in [6, 6.07) is 12.2. The molecular formula is C31H36F2N6O3S. The van der Waals surface area contributed by atoms with E-state index in [0.29, 0.717) is 34.5 Å². The van der Waals surface area contributed by atoms with Gasteiger partial charge in [0.25, 0.3) is 5.92 Å². The summed E-state index contributed by atoms with van der Waals surface area (Å²) in [5.41, 5.74) is 12.0. The summed E-state index contributed by atoms with van der Waals surface area (Å²) in [4.78, 5) is 38.4. The highest BCUT2D eigenvalue weighted by Gasteiger charge is 2.55. The molecule has 3 unspecified atom stereocenters. The number of carbonyl (C=O) groups is 3. The molecule has 6 rings (SSSR count). The maximum Gasteiger partial charge on any atom is 0.299 e. The van der Waals surface area contributed by atoms with Crippen LogP contribution in [0.3, 0.4) is 0 Å². The number of aldehydes is 1. The smallest absolute Gasteiger partial charge is 0.299 e. The number of hydrogen-bond donors (Lipinski definition) is 5. The maximum atomic E-state index is 14.1. The number of likely N-dealkylation sites (tertiary alicyclic amines) is 1. The van der Waals surface area contributed by atoms with E-state index in [-0.39, 0.29) is 53.4 Å². The average molecular weight is 611 g/mol. The van der Waals surface area contributed by atoms with E-state index in [9.17, 15) is 23.2 Å². The van der Waals surface area contributed by atoms with Crippen LogP contribution in [0.1, 0.15) is 57.7 Å². The van der Waals surface area contributed by atoms with Crippen molar-refractivity contribution in [2.24, 2.45) is 17.4 Å². The number of likely N-dealkylation sites (N-methyl/N-ethyl adjacent to an activating group) is 1. The Morgan fingerprint density at radius 2 is 1.84 bits per heavy atom. The molecule has 2 amide bonds. The van der Waals surface area contributed by atoms with E-state index in [2.05, 4.69) is 16.4 Å². The minimum atomic E-state index is -2.96. The van der Waals surface area contributed by atoms with Gasteiger partial charge in [0.2, 0.25) is 11.8 Å². The number of amides is 2. The maximum absolute atomic E-state index is 14.1. The third-order valence-corrected chi connectivity index (χ3v) is 8.93. The number of piperidine rings is 1. The van der Waals surface area contributed by atoms with Crippen LogP contribution in [-0.4, -0.2) is 61.6 Å². The zero-order valence-electron chi connectivity index (χ0n) is 24.2. The summed E-state index contributed by atoms with van der Waals surface area (Å²) in [5, 5.41) is 15.1. The van der Waals surface area contributed by atoms with E-state index < -0.39 is 5.92 Å². The molecule has 0 radical (unpaired) electrons. The Hall–Kier alpha value is -4.00. The third-order valence-electron chi connectivity index (χ3n) is 7.81. The number of carbonyl (C=O) groups excluding carboxylic acids is 3. The van der Waals surface area contributed by atoms with Crippen LogP contribution in [0, 0.1) is 11.3 Å². The number of hydrogen-bond acceptors (Lipinski definition) is 7. The molecule has 2 fully saturated rings. The zero-order valence-corrected chi connectivity index (χ0v) is 25.0. The van der Waals surface area contributed by atoms with Gasteiger partial charge in [-0.1, -0.05) is 36.4 Å². The van der Waals surface area contributed by atoms with Gasteiger partial charge in [-0.15, -0.1) is 11.3 Å². The lowest BCUT2D eigenvalue weighted by Crippen LogP contribution is -2.50. The third kappa shape index (κ3) is 6.36. The van der Waals surface area contributed by atoms with Gasteiger partial charge in [-0.05, 0) is 63.0 Å². The number of halogens is 2. The van der Waals surface area contributed by atoms with Crippen molar-refractivity contribution in [1.29, 1.82) is 5.41 Å². The molecule has 7 N–H and O–H groups in total. The van der Waals surface area contributed by atoms with Crippen LogP contribution in [0.25, 0.3) is 11.1 Å². The van der Waals surface area contributed by atoms with Crippen LogP contribution in [0.15, 0.2) is 53.9 Å². The summed E-state index contributed by atoms with van der Waals surface area (Å²) >= 11 is 1.47. The summed E-state index contributed by atoms with van der Waals surface area (Å²) < 4.78 is 28.2. The van der Waals surface area contributed by atoms with Gasteiger partial charge >= 0.3 is 0 Å². The molecule has 2 aliphatic carbocycles. The SMILES string of the molecule is CN.CNCC(=O)N1C(C(=O)N[C@H](C)c2cc(C(=N)N)cs2)CC2CC21.O=Cc1ccc2c(c1)-c1ccccc1C2(F)F. The summed E-state index contributed by atoms with van der Waals surface area (Å²) in [5.74, 6) is -2.58. The molecule has 3 aromatic rings. The minimum Gasteiger partial charge on any atom is -0.384 e. The van der Waals surface area contributed by atoms with Crippen LogP contribution < -0.4 is 22.1 Å². The second-order valence-electron chi connectivity index (χ2n) is 10.6. The van der Waals surface area contributed by atoms with E-state index in [1.807, 2.05) is 18.4 Å². The van der Waals surface area contributed by atoms with Crippen molar-refractivity contribution in [2.75, 3.05) is 20.6 Å². The number of nitrogen functional groups attached to an aromatic ring is 1. The lowest BCUT2D eigenvalue weighted by molar-refractivity contribution is -0.139. The van der Waals surface area contributed by atoms with Crippen molar-refractivity contribution in [1.82, 2.24) is 15.5 Å². The topological polar surface area (TPSA) is 154 Å². The van der Waals surface area contributed by atoms with Crippen molar-refractivity contribution in [2.45, 2.75) is 43.8 Å². The molecule has 0 spiro atoms. The van der Waals surface area contributed by atoms with Crippen LogP contribution in [0.2, 0.25) is 0 Å². The minimum absolute atomic E-state index is 0.00899. The Balaban J connectivity index is 0.000000195. The Morgan fingerprint density at radius 3 is 2.49 bits per heavy atom. The van der Waals surface area contributed by atoms with E-state index >= 15 is 0 Å². The van der Waals surface area contributed by atoms with Crippen LogP contribution in [0.5, 0.6) is 0 Å². The Bertz CT molecular complexity index is 1530. The number of benzene rings is 2. The van der Waals surface area contributed by atoms with E-state index in [0.717, 1.165) is 17.7 Å². The van der Waals surface area contributed by atoms with Gasteiger partial charge in [0, 0.05) is 38.6 Å². The number of alkyl halides is 2. The molecule has 1 aliphatic heterocycles. The standard InChI is InChI=1S/C16H23N5O2S.C14H8F2O.CH5N/c1-8(13-5-10(7-24-13)15(17)18)20-16(23)12-4-9-3-11(9)21(12)14(22)6-19-2;15-14(16)12-4-2-1-3-10(12)11-7-9(8-17)5-6-13(11)14;1-2/h5,7-9,11-12,19H,3-4,6H2,1-2H3,(H3,17,18)(H,20,23);1-8H;2H2,1H3/t8-,9?,11?,12?;;/m1../s1. The van der Waals surface area contributed by atoms with Gasteiger partial charge in [-0.3, -0.25) is 19.8 Å². The number of nitrogens with one attached hydrogen (secondary N) is 3. The lowest BCUT2D eigenvalue weighted by Gasteiger charge is -2.28. The highest BCUT2D eigenvalue weighted by molar-refractivity contribution is 7.10. The fourth-order valence-corrected chi connectivity index (χ4v) is 6.58. The van der Waals surface area contributed by atoms with E-state index in [4.69, 9.17) is 11.1 Å². The monoisotopic (exact) mass is 610 g/mol. The number of nitrogens with two attached hydrogens (primary N) is 2. The first kappa shape index (κ1) is 31.9. The predicted molar refractivity (Wildman–Crippen MR) is 163 cm³/mol. The molecular weight excluding hydrogens is 574 g/mol. The number of fused-ring (bicyclic) bond motifs is 4. The molecule has 43 heavy (non-hydrogen) atoms. The molecule has 1 saturated carbocycles. The van der Waals surface area contributed by atoms with Gasteiger partial charge < -0.3 is 27.0 Å². The first-order valence-electron chi connectivity index (χ1n) is 13.9. The summed E-state index contributed by atoms with van der Waals surface area (Å²) in [7, 11) is 3.24. The summed E-state index contributed by atoms with van der Waals surface area (Å²) in [6.45, 7) is 2.17. The molecule has 0 bridgehead atoms. The fraction of sp³-hybridized carbons (Fsp3) is 0.355. The first-order valence-corrected chi connectivity index (χ1v) is 14.8. The lowest BCUT2D eigenvalue weighted by atomic mass is 10.0. The normalized spacial score (nSPS) is 20.6. The molecule has 2 aromatic carbocycles. The Kier molecular flexibility index (Phi) is 9.73. The number of rotatable bonds is 7. The van der Waals surface area contributed by atoms with E-state index in [1.165, 1.54) is 42.6 Å². The van der Waals surface area contributed by atoms with Gasteiger partial charge in [-0.25, -0.2) is 0 Å². The quantitative estimate of drug-likeness (QED) is 0.156. The van der Waals surface area contributed by atoms with Gasteiger partial charge in [0.15, 0.2) is 0 Å². The highest BCUT2D eigenvalue weighted by Crippen LogP contribution is 2.51. The van der Waals surface area contributed by atoms with Gasteiger partial charge in [0.1, 0.15) is 18.2 Å². The van der Waals surface area contributed by atoms with Crippen LogP contribution in [-0.2, 0) is 15.5 Å². The molecule has 1 saturated heterocycles. The Morgan fingerprint density at radius 1 is 1.14 bits per heavy atom. The molecule has 12 heteroatoms. The molecule has 228 valence electrons. The number of thiophene rings is 1. The van der Waals surface area contributed by atoms with Crippen molar-refractivity contribution in [3.05, 3.63) is 81.0 Å². The van der Waals surface area contributed by atoms with Crippen molar-refractivity contribution in [3.63, 3.8) is 0 Å². The van der Waals surface area contributed by atoms with Crippen molar-refractivity contribution < 1.29 is 23.2 Å². The van der Waals surface area contributed by atoms with Crippen LogP contribution >= 0.6 is 11.3 Å². The molecule has 9 nitrogen and oxygen atoms in total. The zero-order chi connectivity index (χ0) is 31.5. The second-order valence-corrected chi connectivity index (χ2v) is 11.5. The molecule has 4 atom stereocenters. The number of amidine groups is 1. The van der Waals surface area contributed by atoms with E-state index in [1.54, 1.807) is 30.1 Å². The number of nitrogens with zero attached hydrogens (tertiary/aromatic N) is 1. The fourth-order valence-electron chi connectivity index (χ4n) is 5.66. The van der Waals surface area contributed by atoms with Crippen molar-refractivity contribution >= 4 is 35.3 Å². The first-order chi connectivity index (χ1) is 20.6. The van der Waals surface area contributed by atoms with Crippen molar-refractivity contribution in [3.8, 4) is 11.1 Å². The Labute approximate surface area is 253 Å². The summed E-state index contributed by atoms with van der Waals surface area (Å²) in [6.07, 6.45) is 2.43. The average Bonchev–Trinajstić information content (AvgIpc) is 3.34. The molecule has 2 heterocycles. The molecule has 1 aromatic heterocycles. The van der Waals surface area contributed by atoms with Gasteiger partial charge in [-0.2, -0.15) is 8.78 Å². The molecule has 3 aliphatic rings. The largest absolute Gasteiger partial charge is 0.384 e.